The summed E-state index contributed by atoms with van der Waals surface area (Å²) in [4.78, 5) is 17.7. The van der Waals surface area contributed by atoms with E-state index < -0.39 is 0 Å². The van der Waals surface area contributed by atoms with Crippen LogP contribution in [0.25, 0.3) is 10.2 Å². The number of rotatable bonds is 4. The molecule has 0 aliphatic carbocycles. The molecule has 6 nitrogen and oxygen atoms in total. The van der Waals surface area contributed by atoms with E-state index in [2.05, 4.69) is 16.0 Å². The number of aryl methyl sites for hydroxylation is 1. The predicted octanol–water partition coefficient (Wildman–Crippen LogP) is 3.17. The van der Waals surface area contributed by atoms with Crippen molar-refractivity contribution in [2.45, 2.75) is 33.4 Å². The molecule has 2 aromatic heterocycles. The number of hydrogen-bond donors (Lipinski definition) is 0. The summed E-state index contributed by atoms with van der Waals surface area (Å²) in [6.07, 6.45) is 5.51. The number of amides is 1. The number of terminal acetylenes is 1. The number of nitrogens with zero attached hydrogens (tertiary/aromatic N) is 4. The standard InChI is InChI=1S/C19H20N4O2S/c1-6-9-22-15-8-7-14(25-5)11-17(15)26-19(22)20-18(24)16-10-13(4)21-23(16)12(2)3/h1,7-8,10-12H,9H2,2-5H3. The van der Waals surface area contributed by atoms with Gasteiger partial charge in [0.25, 0.3) is 5.91 Å². The molecule has 3 aromatic rings. The van der Waals surface area contributed by atoms with E-state index in [1.165, 1.54) is 11.3 Å². The van der Waals surface area contributed by atoms with Crippen LogP contribution in [0.4, 0.5) is 0 Å². The van der Waals surface area contributed by atoms with Crippen molar-refractivity contribution in [1.82, 2.24) is 14.3 Å². The Balaban J connectivity index is 2.16. The number of thiazole rings is 1. The highest BCUT2D eigenvalue weighted by atomic mass is 32.1. The van der Waals surface area contributed by atoms with Gasteiger partial charge in [0.2, 0.25) is 0 Å². The first-order valence-electron chi connectivity index (χ1n) is 8.20. The highest BCUT2D eigenvalue weighted by molar-refractivity contribution is 7.16. The summed E-state index contributed by atoms with van der Waals surface area (Å²) < 4.78 is 9.79. The molecule has 1 aromatic carbocycles. The molecule has 0 fully saturated rings. The Kier molecular flexibility index (Phi) is 4.96. The van der Waals surface area contributed by atoms with Gasteiger partial charge >= 0.3 is 0 Å². The maximum absolute atomic E-state index is 12.8. The number of benzene rings is 1. The number of methoxy groups -OCH3 is 1. The number of ether oxygens (including phenoxy) is 1. The highest BCUT2D eigenvalue weighted by Crippen LogP contribution is 2.23. The number of hydrogen-bond acceptors (Lipinski definition) is 4. The highest BCUT2D eigenvalue weighted by Gasteiger charge is 2.16. The summed E-state index contributed by atoms with van der Waals surface area (Å²) in [5.74, 6) is 3.05. The third-order valence-corrected chi connectivity index (χ3v) is 4.94. The van der Waals surface area contributed by atoms with Gasteiger partial charge in [-0.3, -0.25) is 9.48 Å². The van der Waals surface area contributed by atoms with Gasteiger partial charge in [-0.25, -0.2) is 0 Å². The molecule has 0 bridgehead atoms. The minimum Gasteiger partial charge on any atom is -0.497 e. The third kappa shape index (κ3) is 3.28. The molecular weight excluding hydrogens is 348 g/mol. The number of fused-ring (bicyclic) bond motifs is 1. The maximum Gasteiger partial charge on any atom is 0.297 e. The van der Waals surface area contributed by atoms with Crippen molar-refractivity contribution in [3.8, 4) is 18.1 Å². The fourth-order valence-corrected chi connectivity index (χ4v) is 3.78. The molecule has 134 valence electrons. The zero-order valence-corrected chi connectivity index (χ0v) is 16.0. The lowest BCUT2D eigenvalue weighted by molar-refractivity contribution is 0.0986. The molecule has 0 aliphatic heterocycles. The molecular formula is C19H20N4O2S. The van der Waals surface area contributed by atoms with Crippen LogP contribution >= 0.6 is 11.3 Å². The minimum atomic E-state index is -0.330. The van der Waals surface area contributed by atoms with E-state index >= 15 is 0 Å². The second kappa shape index (κ2) is 7.18. The topological polar surface area (TPSA) is 61.4 Å². The van der Waals surface area contributed by atoms with Crippen LogP contribution in [-0.2, 0) is 6.54 Å². The van der Waals surface area contributed by atoms with Gasteiger partial charge in [-0.05, 0) is 45.0 Å². The Morgan fingerprint density at radius 3 is 2.85 bits per heavy atom. The Morgan fingerprint density at radius 2 is 2.19 bits per heavy atom. The average molecular weight is 368 g/mol. The lowest BCUT2D eigenvalue weighted by Crippen LogP contribution is -2.18. The van der Waals surface area contributed by atoms with Crippen LogP contribution in [0.15, 0.2) is 29.3 Å². The van der Waals surface area contributed by atoms with Crippen LogP contribution in [0.1, 0.15) is 36.1 Å². The molecule has 0 aliphatic rings. The molecule has 2 heterocycles. The molecule has 0 radical (unpaired) electrons. The van der Waals surface area contributed by atoms with E-state index in [0.29, 0.717) is 17.0 Å². The SMILES string of the molecule is C#CCn1c(=NC(=O)c2cc(C)nn2C(C)C)sc2cc(OC)ccc21. The number of aromatic nitrogens is 3. The minimum absolute atomic E-state index is 0.0716. The van der Waals surface area contributed by atoms with Crippen LogP contribution < -0.4 is 9.54 Å². The summed E-state index contributed by atoms with van der Waals surface area (Å²) in [6.45, 7) is 6.15. The second-order valence-electron chi connectivity index (χ2n) is 6.13. The Hall–Kier alpha value is -2.85. The van der Waals surface area contributed by atoms with E-state index in [0.717, 1.165) is 21.7 Å². The van der Waals surface area contributed by atoms with Gasteiger partial charge in [0.1, 0.15) is 11.4 Å². The largest absolute Gasteiger partial charge is 0.497 e. The van der Waals surface area contributed by atoms with Gasteiger partial charge in [0.05, 0.1) is 29.6 Å². The Labute approximate surface area is 155 Å². The number of carbonyl (C=O) groups excluding carboxylic acids is 1. The number of carbonyl (C=O) groups is 1. The fraction of sp³-hybridized carbons (Fsp3) is 0.316. The van der Waals surface area contributed by atoms with Crippen LogP contribution in [0, 0.1) is 19.3 Å². The van der Waals surface area contributed by atoms with E-state index in [1.807, 2.05) is 43.5 Å². The van der Waals surface area contributed by atoms with Crippen molar-refractivity contribution >= 4 is 27.5 Å². The molecule has 0 spiro atoms. The van der Waals surface area contributed by atoms with Gasteiger partial charge in [-0.1, -0.05) is 17.3 Å². The molecule has 7 heteroatoms. The van der Waals surface area contributed by atoms with Crippen LogP contribution in [-0.4, -0.2) is 27.4 Å². The van der Waals surface area contributed by atoms with Crippen molar-refractivity contribution < 1.29 is 9.53 Å². The summed E-state index contributed by atoms with van der Waals surface area (Å²) >= 11 is 1.41. The molecule has 26 heavy (non-hydrogen) atoms. The van der Waals surface area contributed by atoms with E-state index in [1.54, 1.807) is 17.9 Å². The summed E-state index contributed by atoms with van der Waals surface area (Å²) in [6, 6.07) is 7.54. The van der Waals surface area contributed by atoms with Gasteiger partial charge < -0.3 is 9.30 Å². The summed E-state index contributed by atoms with van der Waals surface area (Å²) in [5.41, 5.74) is 2.18. The van der Waals surface area contributed by atoms with E-state index in [-0.39, 0.29) is 11.9 Å². The maximum atomic E-state index is 12.8. The van der Waals surface area contributed by atoms with E-state index in [9.17, 15) is 4.79 Å². The van der Waals surface area contributed by atoms with Crippen molar-refractivity contribution in [2.75, 3.05) is 7.11 Å². The first-order valence-corrected chi connectivity index (χ1v) is 9.02. The van der Waals surface area contributed by atoms with Crippen molar-refractivity contribution in [2.24, 2.45) is 4.99 Å². The fourth-order valence-electron chi connectivity index (χ4n) is 2.72. The molecule has 0 saturated carbocycles. The molecule has 0 N–H and O–H groups in total. The molecule has 0 unspecified atom stereocenters. The average Bonchev–Trinajstić information content (AvgIpc) is 3.16. The summed E-state index contributed by atoms with van der Waals surface area (Å²) in [7, 11) is 1.62. The van der Waals surface area contributed by atoms with Gasteiger partial charge in [0.15, 0.2) is 4.80 Å². The Bertz CT molecular complexity index is 1080. The van der Waals surface area contributed by atoms with Gasteiger partial charge in [-0.15, -0.1) is 6.42 Å². The zero-order valence-electron chi connectivity index (χ0n) is 15.2. The lowest BCUT2D eigenvalue weighted by atomic mass is 10.3. The lowest BCUT2D eigenvalue weighted by Gasteiger charge is -2.07. The van der Waals surface area contributed by atoms with Crippen LogP contribution in [0.3, 0.4) is 0 Å². The van der Waals surface area contributed by atoms with Gasteiger partial charge in [-0.2, -0.15) is 10.1 Å². The van der Waals surface area contributed by atoms with Crippen LogP contribution in [0.2, 0.25) is 0 Å². The van der Waals surface area contributed by atoms with Gasteiger partial charge in [0, 0.05) is 6.04 Å². The first kappa shape index (κ1) is 18.0. The van der Waals surface area contributed by atoms with Crippen molar-refractivity contribution in [3.05, 3.63) is 40.5 Å². The third-order valence-electron chi connectivity index (χ3n) is 3.90. The van der Waals surface area contributed by atoms with E-state index in [4.69, 9.17) is 11.2 Å². The molecule has 0 atom stereocenters. The molecule has 1 amide bonds. The predicted molar refractivity (Wildman–Crippen MR) is 102 cm³/mol. The normalized spacial score (nSPS) is 11.9. The molecule has 3 rings (SSSR count). The first-order chi connectivity index (χ1) is 12.4. The summed E-state index contributed by atoms with van der Waals surface area (Å²) in [5, 5.41) is 4.38. The smallest absolute Gasteiger partial charge is 0.297 e. The van der Waals surface area contributed by atoms with Crippen molar-refractivity contribution in [3.63, 3.8) is 0 Å². The second-order valence-corrected chi connectivity index (χ2v) is 7.14. The zero-order chi connectivity index (χ0) is 18.8. The van der Waals surface area contributed by atoms with Crippen LogP contribution in [0.5, 0.6) is 5.75 Å². The quantitative estimate of drug-likeness (QED) is 0.665. The van der Waals surface area contributed by atoms with Crippen molar-refractivity contribution in [1.29, 1.82) is 0 Å². The Morgan fingerprint density at radius 1 is 1.42 bits per heavy atom. The molecule has 0 saturated heterocycles. The monoisotopic (exact) mass is 368 g/mol.